The van der Waals surface area contributed by atoms with Crippen molar-refractivity contribution in [1.82, 2.24) is 9.97 Å². The SMILES string of the molecule is Cc1cc(Br)c(NC(=O)c2ccc3nc[nH]c3c2)c(Br)c1. The van der Waals surface area contributed by atoms with Gasteiger partial charge in [0.1, 0.15) is 0 Å². The van der Waals surface area contributed by atoms with Gasteiger partial charge in [-0.15, -0.1) is 0 Å². The van der Waals surface area contributed by atoms with E-state index in [1.165, 1.54) is 0 Å². The first kappa shape index (κ1) is 14.3. The molecule has 1 aromatic heterocycles. The lowest BCUT2D eigenvalue weighted by Crippen LogP contribution is -2.12. The molecule has 2 aromatic carbocycles. The van der Waals surface area contributed by atoms with E-state index in [9.17, 15) is 4.79 Å². The Balaban J connectivity index is 1.92. The number of rotatable bonds is 2. The second kappa shape index (κ2) is 5.61. The van der Waals surface area contributed by atoms with E-state index in [1.807, 2.05) is 25.1 Å². The minimum Gasteiger partial charge on any atom is -0.345 e. The van der Waals surface area contributed by atoms with E-state index in [0.717, 1.165) is 31.2 Å². The van der Waals surface area contributed by atoms with Gasteiger partial charge in [0, 0.05) is 14.5 Å². The molecule has 3 rings (SSSR count). The Bertz CT molecular complexity index is 819. The molecule has 21 heavy (non-hydrogen) atoms. The normalized spacial score (nSPS) is 10.8. The maximum Gasteiger partial charge on any atom is 0.255 e. The van der Waals surface area contributed by atoms with Gasteiger partial charge in [-0.1, -0.05) is 0 Å². The highest BCUT2D eigenvalue weighted by Gasteiger charge is 2.12. The zero-order chi connectivity index (χ0) is 15.0. The highest BCUT2D eigenvalue weighted by Crippen LogP contribution is 2.32. The fourth-order valence-corrected chi connectivity index (χ4v) is 3.70. The number of aryl methyl sites for hydroxylation is 1. The van der Waals surface area contributed by atoms with Gasteiger partial charge in [0.15, 0.2) is 0 Å². The minimum atomic E-state index is -0.170. The maximum absolute atomic E-state index is 12.4. The number of hydrogen-bond acceptors (Lipinski definition) is 2. The molecule has 6 heteroatoms. The molecule has 3 aromatic rings. The van der Waals surface area contributed by atoms with Gasteiger partial charge in [0.05, 0.1) is 23.0 Å². The average Bonchev–Trinajstić information content (AvgIpc) is 2.89. The molecule has 1 amide bonds. The number of anilines is 1. The first-order valence-electron chi connectivity index (χ1n) is 6.25. The molecule has 0 saturated carbocycles. The zero-order valence-corrected chi connectivity index (χ0v) is 14.2. The fourth-order valence-electron chi connectivity index (χ4n) is 2.08. The van der Waals surface area contributed by atoms with E-state index in [0.29, 0.717) is 5.56 Å². The highest BCUT2D eigenvalue weighted by atomic mass is 79.9. The third-order valence-corrected chi connectivity index (χ3v) is 4.36. The van der Waals surface area contributed by atoms with E-state index in [-0.39, 0.29) is 5.91 Å². The summed E-state index contributed by atoms with van der Waals surface area (Å²) in [4.78, 5) is 19.5. The number of nitrogens with zero attached hydrogens (tertiary/aromatic N) is 1. The van der Waals surface area contributed by atoms with Crippen LogP contribution in [0, 0.1) is 6.92 Å². The largest absolute Gasteiger partial charge is 0.345 e. The van der Waals surface area contributed by atoms with Crippen LogP contribution >= 0.6 is 31.9 Å². The molecule has 0 atom stereocenters. The molecule has 0 radical (unpaired) electrons. The smallest absolute Gasteiger partial charge is 0.255 e. The van der Waals surface area contributed by atoms with Crippen LogP contribution in [0.2, 0.25) is 0 Å². The summed E-state index contributed by atoms with van der Waals surface area (Å²) in [5, 5.41) is 2.91. The van der Waals surface area contributed by atoms with Crippen LogP contribution in [-0.4, -0.2) is 15.9 Å². The Labute approximate surface area is 138 Å². The number of nitrogens with one attached hydrogen (secondary N) is 2. The Morgan fingerprint density at radius 1 is 1.19 bits per heavy atom. The molecule has 0 saturated heterocycles. The number of halogens is 2. The summed E-state index contributed by atoms with van der Waals surface area (Å²) in [5.74, 6) is -0.170. The molecular weight excluding hydrogens is 398 g/mol. The summed E-state index contributed by atoms with van der Waals surface area (Å²) < 4.78 is 1.68. The summed E-state index contributed by atoms with van der Waals surface area (Å²) in [5.41, 5.74) is 4.07. The van der Waals surface area contributed by atoms with Crippen molar-refractivity contribution in [3.05, 3.63) is 56.7 Å². The second-order valence-electron chi connectivity index (χ2n) is 4.69. The molecule has 0 fully saturated rings. The van der Waals surface area contributed by atoms with Crippen LogP contribution in [0.5, 0.6) is 0 Å². The summed E-state index contributed by atoms with van der Waals surface area (Å²) in [7, 11) is 0. The number of benzene rings is 2. The summed E-state index contributed by atoms with van der Waals surface area (Å²) >= 11 is 6.94. The lowest BCUT2D eigenvalue weighted by atomic mass is 10.1. The van der Waals surface area contributed by atoms with Crippen LogP contribution in [0.3, 0.4) is 0 Å². The quantitative estimate of drug-likeness (QED) is 0.648. The van der Waals surface area contributed by atoms with Gasteiger partial charge in [0.25, 0.3) is 5.91 Å². The van der Waals surface area contributed by atoms with Crippen LogP contribution in [-0.2, 0) is 0 Å². The molecule has 0 aliphatic rings. The third-order valence-electron chi connectivity index (χ3n) is 3.11. The molecule has 0 aliphatic heterocycles. The Morgan fingerprint density at radius 2 is 1.90 bits per heavy atom. The molecular formula is C15H11Br2N3O. The van der Waals surface area contributed by atoms with Gasteiger partial charge in [-0.05, 0) is 74.7 Å². The number of H-pyrrole nitrogens is 1. The predicted octanol–water partition coefficient (Wildman–Crippen LogP) is 4.65. The molecule has 1 heterocycles. The van der Waals surface area contributed by atoms with E-state index in [2.05, 4.69) is 47.1 Å². The van der Waals surface area contributed by atoms with E-state index < -0.39 is 0 Å². The Hall–Kier alpha value is -1.66. The average molecular weight is 409 g/mol. The van der Waals surface area contributed by atoms with Crippen LogP contribution in [0.25, 0.3) is 11.0 Å². The van der Waals surface area contributed by atoms with Gasteiger partial charge >= 0.3 is 0 Å². The van der Waals surface area contributed by atoms with Crippen molar-refractivity contribution >= 4 is 54.5 Å². The zero-order valence-electron chi connectivity index (χ0n) is 11.1. The predicted molar refractivity (Wildman–Crippen MR) is 90.6 cm³/mol. The second-order valence-corrected chi connectivity index (χ2v) is 6.40. The number of fused-ring (bicyclic) bond motifs is 1. The number of imidazole rings is 1. The van der Waals surface area contributed by atoms with Gasteiger partial charge in [-0.3, -0.25) is 4.79 Å². The minimum absolute atomic E-state index is 0.170. The van der Waals surface area contributed by atoms with Crippen molar-refractivity contribution < 1.29 is 4.79 Å². The van der Waals surface area contributed by atoms with Gasteiger partial charge in [-0.2, -0.15) is 0 Å². The first-order valence-corrected chi connectivity index (χ1v) is 7.83. The van der Waals surface area contributed by atoms with Crippen LogP contribution < -0.4 is 5.32 Å². The number of carbonyl (C=O) groups excluding carboxylic acids is 1. The van der Waals surface area contributed by atoms with Gasteiger partial charge in [-0.25, -0.2) is 4.98 Å². The molecule has 0 spiro atoms. The Morgan fingerprint density at radius 3 is 2.62 bits per heavy atom. The molecule has 4 nitrogen and oxygen atoms in total. The van der Waals surface area contributed by atoms with Crippen LogP contribution in [0.15, 0.2) is 45.6 Å². The number of aromatic nitrogens is 2. The van der Waals surface area contributed by atoms with Gasteiger partial charge in [0.2, 0.25) is 0 Å². The molecule has 2 N–H and O–H groups in total. The lowest BCUT2D eigenvalue weighted by Gasteiger charge is -2.11. The maximum atomic E-state index is 12.4. The van der Waals surface area contributed by atoms with Crippen molar-refractivity contribution in [1.29, 1.82) is 0 Å². The number of amides is 1. The molecule has 0 unspecified atom stereocenters. The summed E-state index contributed by atoms with van der Waals surface area (Å²) in [6.07, 6.45) is 1.61. The van der Waals surface area contributed by atoms with Crippen molar-refractivity contribution in [2.45, 2.75) is 6.92 Å². The number of hydrogen-bond donors (Lipinski definition) is 2. The first-order chi connectivity index (χ1) is 10.0. The monoisotopic (exact) mass is 407 g/mol. The fraction of sp³-hybridized carbons (Fsp3) is 0.0667. The van der Waals surface area contributed by atoms with E-state index >= 15 is 0 Å². The van der Waals surface area contributed by atoms with Crippen molar-refractivity contribution in [2.24, 2.45) is 0 Å². The van der Waals surface area contributed by atoms with Crippen molar-refractivity contribution in [3.63, 3.8) is 0 Å². The molecule has 0 aliphatic carbocycles. The van der Waals surface area contributed by atoms with Crippen molar-refractivity contribution in [3.8, 4) is 0 Å². The van der Waals surface area contributed by atoms with Gasteiger partial charge < -0.3 is 10.3 Å². The van der Waals surface area contributed by atoms with E-state index in [4.69, 9.17) is 0 Å². The van der Waals surface area contributed by atoms with Crippen molar-refractivity contribution in [2.75, 3.05) is 5.32 Å². The lowest BCUT2D eigenvalue weighted by molar-refractivity contribution is 0.102. The standard InChI is InChI=1S/C15H11Br2N3O/c1-8-4-10(16)14(11(17)5-8)20-15(21)9-2-3-12-13(6-9)19-7-18-12/h2-7H,1H3,(H,18,19)(H,20,21). The number of carbonyl (C=O) groups is 1. The van der Waals surface area contributed by atoms with Crippen LogP contribution in [0.1, 0.15) is 15.9 Å². The Kier molecular flexibility index (Phi) is 3.82. The third kappa shape index (κ3) is 2.87. The van der Waals surface area contributed by atoms with Crippen LogP contribution in [0.4, 0.5) is 5.69 Å². The van der Waals surface area contributed by atoms with E-state index in [1.54, 1.807) is 18.5 Å². The number of aromatic amines is 1. The summed E-state index contributed by atoms with van der Waals surface area (Å²) in [6.45, 7) is 1.99. The molecule has 106 valence electrons. The summed E-state index contributed by atoms with van der Waals surface area (Å²) in [6, 6.07) is 9.28. The molecule has 0 bridgehead atoms. The highest BCUT2D eigenvalue weighted by molar-refractivity contribution is 9.11. The topological polar surface area (TPSA) is 57.8 Å².